The number of alkyl halides is 6. The van der Waals surface area contributed by atoms with Gasteiger partial charge in [0.1, 0.15) is 16.4 Å². The third-order valence-corrected chi connectivity index (χ3v) is 13.2. The zero-order chi connectivity index (χ0) is 40.9. The number of para-hydroxylation sites is 1. The number of benzene rings is 1. The van der Waals surface area contributed by atoms with Crippen LogP contribution < -0.4 is 15.2 Å². The molecule has 11 nitrogen and oxygen atoms in total. The normalized spacial score (nSPS) is 20.5. The van der Waals surface area contributed by atoms with Gasteiger partial charge in [-0.05, 0) is 44.2 Å². The molecule has 2 amide bonds. The van der Waals surface area contributed by atoms with Crippen LogP contribution in [0.2, 0.25) is 0 Å². The van der Waals surface area contributed by atoms with E-state index in [-0.39, 0.29) is 70.3 Å². The van der Waals surface area contributed by atoms with Gasteiger partial charge in [-0.15, -0.1) is 11.3 Å². The number of hydrogen-bond donors (Lipinski definition) is 1. The lowest BCUT2D eigenvalue weighted by Crippen LogP contribution is -2.69. The number of hydrogen-bond acceptors (Lipinski definition) is 10. The third-order valence-electron chi connectivity index (χ3n) is 10.3. The van der Waals surface area contributed by atoms with Gasteiger partial charge in [-0.25, -0.2) is 0 Å². The van der Waals surface area contributed by atoms with Crippen LogP contribution >= 0.6 is 18.9 Å². The number of pyridine rings is 1. The molecular weight excluding hydrogens is 789 g/mol. The van der Waals surface area contributed by atoms with Gasteiger partial charge in [-0.3, -0.25) is 19.1 Å². The Labute approximate surface area is 325 Å². The number of amides is 2. The van der Waals surface area contributed by atoms with Crippen molar-refractivity contribution in [1.29, 1.82) is 0 Å². The van der Waals surface area contributed by atoms with Gasteiger partial charge in [0.2, 0.25) is 5.60 Å². The topological polar surface area (TPSA) is 134 Å². The molecule has 2 aliphatic rings. The van der Waals surface area contributed by atoms with Crippen LogP contribution in [0.4, 0.5) is 26.3 Å². The van der Waals surface area contributed by atoms with Crippen molar-refractivity contribution in [3.05, 3.63) is 75.7 Å². The molecule has 0 spiro atoms. The Morgan fingerprint density at radius 1 is 1.02 bits per heavy atom. The Morgan fingerprint density at radius 3 is 2.34 bits per heavy atom. The first-order chi connectivity index (χ1) is 26.4. The first kappa shape index (κ1) is 43.4. The molecule has 5 rings (SSSR count). The largest absolute Gasteiger partial charge is 0.493 e. The van der Waals surface area contributed by atoms with Gasteiger partial charge in [0.05, 0.1) is 29.9 Å². The predicted molar refractivity (Wildman–Crippen MR) is 196 cm³/mol. The molecule has 2 aliphatic heterocycles. The lowest BCUT2D eigenvalue weighted by Gasteiger charge is -2.51. The molecule has 308 valence electrons. The molecule has 0 aliphatic carbocycles. The Bertz CT molecular complexity index is 1880. The van der Waals surface area contributed by atoms with E-state index >= 15 is 0 Å². The van der Waals surface area contributed by atoms with Crippen LogP contribution in [0.25, 0.3) is 0 Å². The number of rotatable bonds is 14. The second-order valence-electron chi connectivity index (χ2n) is 13.8. The van der Waals surface area contributed by atoms with Gasteiger partial charge in [-0.2, -0.15) is 26.3 Å². The van der Waals surface area contributed by atoms with E-state index in [0.717, 1.165) is 23.8 Å². The summed E-state index contributed by atoms with van der Waals surface area (Å²) in [4.78, 5) is 34.5. The molecule has 0 unspecified atom stereocenters. The molecule has 3 aromatic rings. The molecule has 0 bridgehead atoms. The lowest BCUT2D eigenvalue weighted by molar-refractivity contribution is -0.161. The van der Waals surface area contributed by atoms with E-state index in [1.807, 2.05) is 6.07 Å². The molecular formula is C37H45F6N4O7PS. The Balaban J connectivity index is 1.44. The summed E-state index contributed by atoms with van der Waals surface area (Å²) < 4.78 is 118. The van der Waals surface area contributed by atoms with Crippen molar-refractivity contribution < 1.29 is 59.0 Å². The SMILES string of the molecule is CCC[C@H]1N(C(=O)c2cnccc2C(F)(F)F)CCC[C@@]1(Oc1csc(C(F)(F)F)c1)C(=O)N1CCC(N)(c2ccccc2OCCCP(=O)(OC)OC)CC1. The van der Waals surface area contributed by atoms with E-state index in [1.165, 1.54) is 24.0 Å². The van der Waals surface area contributed by atoms with Crippen LogP contribution in [0.3, 0.4) is 0 Å². The minimum absolute atomic E-state index is 0.0172. The van der Waals surface area contributed by atoms with E-state index in [1.54, 1.807) is 25.1 Å². The van der Waals surface area contributed by atoms with Gasteiger partial charge < -0.3 is 34.1 Å². The molecule has 2 fully saturated rings. The van der Waals surface area contributed by atoms with Gasteiger partial charge in [-0.1, -0.05) is 31.5 Å². The van der Waals surface area contributed by atoms with Crippen molar-refractivity contribution in [3.8, 4) is 11.5 Å². The fraction of sp³-hybridized carbons (Fsp3) is 0.541. The highest BCUT2D eigenvalue weighted by molar-refractivity contribution is 7.53. The summed E-state index contributed by atoms with van der Waals surface area (Å²) >= 11 is 0.380. The maximum absolute atomic E-state index is 15.0. The number of halogens is 6. The van der Waals surface area contributed by atoms with Crippen molar-refractivity contribution in [2.24, 2.45) is 5.73 Å². The molecule has 2 atom stereocenters. The maximum Gasteiger partial charge on any atom is 0.425 e. The van der Waals surface area contributed by atoms with Gasteiger partial charge in [0, 0.05) is 75.2 Å². The average molecular weight is 835 g/mol. The molecule has 0 radical (unpaired) electrons. The van der Waals surface area contributed by atoms with Crippen LogP contribution in [0.5, 0.6) is 11.5 Å². The summed E-state index contributed by atoms with van der Waals surface area (Å²) in [5.41, 5.74) is 2.84. The van der Waals surface area contributed by atoms with Crippen LogP contribution in [0.15, 0.2) is 54.2 Å². The Kier molecular flexibility index (Phi) is 13.5. The summed E-state index contributed by atoms with van der Waals surface area (Å²) in [6.45, 7) is 2.10. The highest BCUT2D eigenvalue weighted by Crippen LogP contribution is 2.47. The minimum atomic E-state index is -4.89. The molecule has 1 aromatic carbocycles. The summed E-state index contributed by atoms with van der Waals surface area (Å²) in [5, 5.41) is 1.13. The fourth-order valence-electron chi connectivity index (χ4n) is 7.45. The van der Waals surface area contributed by atoms with Crippen LogP contribution in [-0.2, 0) is 36.3 Å². The Morgan fingerprint density at radius 2 is 1.71 bits per heavy atom. The van der Waals surface area contributed by atoms with E-state index in [9.17, 15) is 40.5 Å². The molecule has 19 heteroatoms. The van der Waals surface area contributed by atoms with Crippen LogP contribution in [0.1, 0.15) is 78.2 Å². The van der Waals surface area contributed by atoms with Crippen molar-refractivity contribution in [1.82, 2.24) is 14.8 Å². The monoisotopic (exact) mass is 834 g/mol. The maximum atomic E-state index is 15.0. The summed E-state index contributed by atoms with van der Waals surface area (Å²) in [6, 6.07) is 7.47. The van der Waals surface area contributed by atoms with Gasteiger partial charge >= 0.3 is 19.9 Å². The van der Waals surface area contributed by atoms with Gasteiger partial charge in [0.15, 0.2) is 0 Å². The van der Waals surface area contributed by atoms with Gasteiger partial charge in [0.25, 0.3) is 11.8 Å². The summed E-state index contributed by atoms with van der Waals surface area (Å²) in [5.74, 6) is -1.38. The number of carbonyl (C=O) groups is 2. The van der Waals surface area contributed by atoms with Crippen LogP contribution in [-0.4, -0.2) is 84.9 Å². The lowest BCUT2D eigenvalue weighted by atomic mass is 9.77. The van der Waals surface area contributed by atoms with E-state index < -0.39 is 64.9 Å². The predicted octanol–water partition coefficient (Wildman–Crippen LogP) is 8.13. The van der Waals surface area contributed by atoms with Crippen molar-refractivity contribution in [3.63, 3.8) is 0 Å². The third kappa shape index (κ3) is 9.36. The number of nitrogens with zero attached hydrogens (tertiary/aromatic N) is 3. The Hall–Kier alpha value is -3.70. The average Bonchev–Trinajstić information content (AvgIpc) is 3.66. The summed E-state index contributed by atoms with van der Waals surface area (Å²) in [6.07, 6.45) is -6.31. The van der Waals surface area contributed by atoms with E-state index in [2.05, 4.69) is 4.98 Å². The highest BCUT2D eigenvalue weighted by Gasteiger charge is 2.56. The standard InChI is InChI=1S/C37H45F6N4O7PS/c1-4-9-30-35(54-25-22-31(56-24-25)37(41,42)43,13-7-17-47(30)32(48)26-23-45-16-12-27(26)36(38,39)40)33(49)46-18-14-34(44,15-19-46)28-10-5-6-11-29(28)53-20-8-21-55(50,51-2)52-3/h5-6,10-12,16,22-24,30H,4,7-9,13-15,17-21,44H2,1-3H3/t30-,35+/m1/s1. The van der Waals surface area contributed by atoms with Crippen molar-refractivity contribution >= 4 is 30.7 Å². The van der Waals surface area contributed by atoms with E-state index in [4.69, 9.17) is 24.3 Å². The minimum Gasteiger partial charge on any atom is -0.493 e. The zero-order valence-corrected chi connectivity index (χ0v) is 32.9. The zero-order valence-electron chi connectivity index (χ0n) is 31.2. The van der Waals surface area contributed by atoms with E-state index in [0.29, 0.717) is 41.6 Å². The number of thiophene rings is 1. The second-order valence-corrected chi connectivity index (χ2v) is 17.1. The molecule has 4 heterocycles. The second kappa shape index (κ2) is 17.4. The number of carbonyl (C=O) groups excluding carboxylic acids is 2. The highest BCUT2D eigenvalue weighted by atomic mass is 32.1. The number of nitrogens with two attached hydrogens (primary N) is 1. The van der Waals surface area contributed by atoms with Crippen LogP contribution in [0, 0.1) is 0 Å². The molecule has 0 saturated carbocycles. The molecule has 2 N–H and O–H groups in total. The number of likely N-dealkylation sites (tertiary alicyclic amines) is 2. The number of aromatic nitrogens is 1. The first-order valence-corrected chi connectivity index (χ1v) is 20.7. The molecule has 2 saturated heterocycles. The number of ether oxygens (including phenoxy) is 2. The smallest absolute Gasteiger partial charge is 0.425 e. The molecule has 56 heavy (non-hydrogen) atoms. The van der Waals surface area contributed by atoms with Crippen molar-refractivity contribution in [2.75, 3.05) is 46.6 Å². The molecule has 2 aromatic heterocycles. The quantitative estimate of drug-likeness (QED) is 0.0971. The first-order valence-electron chi connectivity index (χ1n) is 18.1. The van der Waals surface area contributed by atoms with Crippen molar-refractivity contribution in [2.45, 2.75) is 81.4 Å². The summed E-state index contributed by atoms with van der Waals surface area (Å²) in [7, 11) is -0.623. The fourth-order valence-corrected chi connectivity index (χ4v) is 9.16. The number of piperidine rings is 2.